The quantitative estimate of drug-likeness (QED) is 0.909. The summed E-state index contributed by atoms with van der Waals surface area (Å²) in [4.78, 5) is 16.8. The van der Waals surface area contributed by atoms with E-state index in [9.17, 15) is 4.79 Å². The second-order valence-electron chi connectivity index (χ2n) is 7.02. The van der Waals surface area contributed by atoms with Gasteiger partial charge in [-0.25, -0.2) is 0 Å². The fourth-order valence-corrected chi connectivity index (χ4v) is 3.78. The Hall–Kier alpha value is -1.40. The van der Waals surface area contributed by atoms with E-state index in [1.54, 1.807) is 0 Å². The molecule has 1 saturated carbocycles. The zero-order valence-corrected chi connectivity index (χ0v) is 14.3. The number of nitrogens with two attached hydrogens (primary N) is 1. The zero-order chi connectivity index (χ0) is 16.4. The first-order chi connectivity index (χ1) is 11.0. The van der Waals surface area contributed by atoms with Gasteiger partial charge in [-0.2, -0.15) is 0 Å². The predicted molar refractivity (Wildman–Crippen MR) is 87.8 cm³/mol. The van der Waals surface area contributed by atoms with Crippen LogP contribution >= 0.6 is 0 Å². The number of amides is 1. The average molecular weight is 320 g/mol. The molecule has 2 fully saturated rings. The van der Waals surface area contributed by atoms with E-state index in [1.807, 2.05) is 18.7 Å². The van der Waals surface area contributed by atoms with Crippen molar-refractivity contribution in [2.24, 2.45) is 11.7 Å². The molecule has 1 saturated heterocycles. The topological polar surface area (TPSA) is 75.6 Å². The van der Waals surface area contributed by atoms with E-state index in [0.717, 1.165) is 57.0 Å². The highest BCUT2D eigenvalue weighted by molar-refractivity contribution is 5.76. The van der Waals surface area contributed by atoms with Crippen LogP contribution in [0.1, 0.15) is 42.7 Å². The third-order valence-electron chi connectivity index (χ3n) is 5.44. The van der Waals surface area contributed by atoms with Crippen molar-refractivity contribution in [1.29, 1.82) is 0 Å². The molecule has 2 N–H and O–H groups in total. The third-order valence-corrected chi connectivity index (χ3v) is 5.44. The lowest BCUT2D eigenvalue weighted by atomic mass is 9.99. The first kappa shape index (κ1) is 16.5. The maximum atomic E-state index is 12.5. The maximum Gasteiger partial charge on any atom is 0.222 e. The molecule has 1 aromatic heterocycles. The molecule has 0 bridgehead atoms. The maximum absolute atomic E-state index is 12.5. The summed E-state index contributed by atoms with van der Waals surface area (Å²) in [6, 6.07) is 0.222. The highest BCUT2D eigenvalue weighted by atomic mass is 16.5. The molecule has 0 spiro atoms. The Morgan fingerprint density at radius 3 is 2.57 bits per heavy atom. The second kappa shape index (κ2) is 7.01. The molecule has 1 aliphatic carbocycles. The van der Waals surface area contributed by atoms with E-state index in [2.05, 4.69) is 10.1 Å². The summed E-state index contributed by atoms with van der Waals surface area (Å²) in [7, 11) is 0. The van der Waals surface area contributed by atoms with Gasteiger partial charge in [-0.05, 0) is 32.6 Å². The highest BCUT2D eigenvalue weighted by Gasteiger charge is 2.29. The van der Waals surface area contributed by atoms with E-state index in [1.165, 1.54) is 12.0 Å². The lowest BCUT2D eigenvalue weighted by Crippen LogP contribution is -2.49. The van der Waals surface area contributed by atoms with Gasteiger partial charge in [-0.3, -0.25) is 9.69 Å². The minimum atomic E-state index is 0.222. The van der Waals surface area contributed by atoms with Crippen molar-refractivity contribution in [3.05, 3.63) is 17.0 Å². The lowest BCUT2D eigenvalue weighted by molar-refractivity contribution is -0.134. The molecule has 6 nitrogen and oxygen atoms in total. The number of hydrogen-bond acceptors (Lipinski definition) is 5. The van der Waals surface area contributed by atoms with Gasteiger partial charge in [0.2, 0.25) is 5.91 Å². The van der Waals surface area contributed by atoms with Crippen LogP contribution in [-0.4, -0.2) is 53.1 Å². The Bertz CT molecular complexity index is 529. The third kappa shape index (κ3) is 3.75. The van der Waals surface area contributed by atoms with Crippen molar-refractivity contribution in [3.63, 3.8) is 0 Å². The van der Waals surface area contributed by atoms with Crippen LogP contribution in [0.3, 0.4) is 0 Å². The van der Waals surface area contributed by atoms with Crippen LogP contribution in [0.2, 0.25) is 0 Å². The van der Waals surface area contributed by atoms with Crippen LogP contribution < -0.4 is 5.73 Å². The number of hydrogen-bond donors (Lipinski definition) is 1. The molecule has 0 aromatic carbocycles. The van der Waals surface area contributed by atoms with Crippen molar-refractivity contribution < 1.29 is 9.32 Å². The molecular weight excluding hydrogens is 292 g/mol. The van der Waals surface area contributed by atoms with Gasteiger partial charge in [0.05, 0.1) is 5.69 Å². The minimum absolute atomic E-state index is 0.222. The Labute approximate surface area is 138 Å². The second-order valence-corrected chi connectivity index (χ2v) is 7.02. The number of aryl methyl sites for hydroxylation is 2. The number of piperazine rings is 1. The minimum Gasteiger partial charge on any atom is -0.361 e. The van der Waals surface area contributed by atoms with Crippen LogP contribution in [0.25, 0.3) is 0 Å². The van der Waals surface area contributed by atoms with E-state index in [-0.39, 0.29) is 11.9 Å². The zero-order valence-electron chi connectivity index (χ0n) is 14.3. The van der Waals surface area contributed by atoms with Gasteiger partial charge in [0.1, 0.15) is 5.76 Å². The van der Waals surface area contributed by atoms with Gasteiger partial charge in [-0.15, -0.1) is 0 Å². The lowest BCUT2D eigenvalue weighted by Gasteiger charge is -2.35. The van der Waals surface area contributed by atoms with Gasteiger partial charge in [-0.1, -0.05) is 11.6 Å². The first-order valence-corrected chi connectivity index (χ1v) is 8.72. The first-order valence-electron chi connectivity index (χ1n) is 8.72. The molecule has 1 aromatic rings. The van der Waals surface area contributed by atoms with Crippen molar-refractivity contribution in [3.8, 4) is 0 Å². The molecule has 1 aliphatic heterocycles. The summed E-state index contributed by atoms with van der Waals surface area (Å²) in [5.74, 6) is 1.57. The van der Waals surface area contributed by atoms with Crippen molar-refractivity contribution >= 4 is 5.91 Å². The molecule has 128 valence electrons. The van der Waals surface area contributed by atoms with Crippen molar-refractivity contribution in [1.82, 2.24) is 15.0 Å². The number of carbonyl (C=O) groups is 1. The van der Waals surface area contributed by atoms with Crippen molar-refractivity contribution in [2.75, 3.05) is 26.2 Å². The molecule has 3 rings (SSSR count). The highest BCUT2D eigenvalue weighted by Crippen LogP contribution is 2.27. The molecule has 0 radical (unpaired) electrons. The Morgan fingerprint density at radius 1 is 1.26 bits per heavy atom. The van der Waals surface area contributed by atoms with E-state index < -0.39 is 0 Å². The predicted octanol–water partition coefficient (Wildman–Crippen LogP) is 1.45. The molecule has 1 amide bonds. The van der Waals surface area contributed by atoms with Crippen LogP contribution in [0.15, 0.2) is 4.52 Å². The summed E-state index contributed by atoms with van der Waals surface area (Å²) in [5, 5.41) is 4.01. The van der Waals surface area contributed by atoms with Gasteiger partial charge in [0, 0.05) is 50.7 Å². The van der Waals surface area contributed by atoms with Crippen LogP contribution in [0.4, 0.5) is 0 Å². The summed E-state index contributed by atoms with van der Waals surface area (Å²) in [6.07, 6.45) is 3.98. The van der Waals surface area contributed by atoms with Gasteiger partial charge >= 0.3 is 0 Å². The Kier molecular flexibility index (Phi) is 5.02. The fraction of sp³-hybridized carbons (Fsp3) is 0.765. The van der Waals surface area contributed by atoms with Crippen LogP contribution in [0, 0.1) is 19.8 Å². The number of aromatic nitrogens is 1. The molecule has 23 heavy (non-hydrogen) atoms. The van der Waals surface area contributed by atoms with E-state index in [4.69, 9.17) is 10.3 Å². The average Bonchev–Trinajstić information content (AvgIpc) is 3.08. The molecule has 6 heteroatoms. The van der Waals surface area contributed by atoms with Gasteiger partial charge < -0.3 is 15.2 Å². The number of rotatable bonds is 4. The summed E-state index contributed by atoms with van der Waals surface area (Å²) < 4.78 is 5.23. The normalized spacial score (nSPS) is 26.0. The molecule has 2 atom stereocenters. The largest absolute Gasteiger partial charge is 0.361 e. The Morgan fingerprint density at radius 2 is 2.00 bits per heavy atom. The van der Waals surface area contributed by atoms with Gasteiger partial charge in [0.15, 0.2) is 0 Å². The smallest absolute Gasteiger partial charge is 0.222 e. The Balaban J connectivity index is 1.47. The summed E-state index contributed by atoms with van der Waals surface area (Å²) >= 11 is 0. The van der Waals surface area contributed by atoms with Crippen LogP contribution in [0.5, 0.6) is 0 Å². The van der Waals surface area contributed by atoms with E-state index >= 15 is 0 Å². The molecule has 2 aliphatic rings. The summed E-state index contributed by atoms with van der Waals surface area (Å²) in [6.45, 7) is 8.24. The molecular formula is C17H28N4O2. The molecule has 2 heterocycles. The monoisotopic (exact) mass is 320 g/mol. The standard InChI is InChI=1S/C17H28N4O2/c1-12-15(13(2)23-19-12)11-20-6-8-21(9-7-20)17(22)10-14-4-3-5-16(14)18/h14,16H,3-11,18H2,1-2H3/t14-,16+/m0/s1. The van der Waals surface area contributed by atoms with E-state index in [0.29, 0.717) is 12.3 Å². The van der Waals surface area contributed by atoms with Gasteiger partial charge in [0.25, 0.3) is 0 Å². The fourth-order valence-electron chi connectivity index (χ4n) is 3.78. The molecule has 0 unspecified atom stereocenters. The summed E-state index contributed by atoms with van der Waals surface area (Å²) in [5.41, 5.74) is 8.24. The van der Waals surface area contributed by atoms with Crippen molar-refractivity contribution in [2.45, 2.75) is 52.1 Å². The van der Waals surface area contributed by atoms with Crippen LogP contribution in [-0.2, 0) is 11.3 Å². The number of nitrogens with zero attached hydrogens (tertiary/aromatic N) is 3. The SMILES string of the molecule is Cc1noc(C)c1CN1CCN(C(=O)C[C@@H]2CCC[C@H]2N)CC1. The number of carbonyl (C=O) groups excluding carboxylic acids is 1.